The molecule has 0 saturated carbocycles. The quantitative estimate of drug-likeness (QED) is 0.265. The van der Waals surface area contributed by atoms with Crippen LogP contribution in [0.4, 0.5) is 0 Å². The minimum atomic E-state index is 1.25. The molecular weight excluding hydrogens is 352 g/mol. The second-order valence-electron chi connectivity index (χ2n) is 6.58. The second kappa shape index (κ2) is 14.8. The lowest BCUT2D eigenvalue weighted by Crippen LogP contribution is -1.84. The van der Waals surface area contributed by atoms with Gasteiger partial charge in [-0.1, -0.05) is 90.4 Å². The largest absolute Gasteiger partial charge is 0.148 e. The molecule has 0 bridgehead atoms. The van der Waals surface area contributed by atoms with Crippen molar-refractivity contribution in [1.29, 1.82) is 0 Å². The summed E-state index contributed by atoms with van der Waals surface area (Å²) in [5.41, 5.74) is 0. The number of aryl methyl sites for hydroxylation is 1. The van der Waals surface area contributed by atoms with E-state index >= 15 is 0 Å². The van der Waals surface area contributed by atoms with Crippen molar-refractivity contribution in [3.63, 3.8) is 0 Å². The number of hydrogen-bond acceptors (Lipinski definition) is 1. The summed E-state index contributed by atoms with van der Waals surface area (Å²) in [6, 6.07) is 2.27. The van der Waals surface area contributed by atoms with Gasteiger partial charge in [0.25, 0.3) is 0 Å². The first-order valence-electron chi connectivity index (χ1n) is 9.56. The molecule has 0 fully saturated rings. The highest BCUT2D eigenvalue weighted by atomic mass is 79.9. The van der Waals surface area contributed by atoms with Crippen LogP contribution >= 0.6 is 27.3 Å². The van der Waals surface area contributed by atoms with Crippen LogP contribution in [-0.4, -0.2) is 0 Å². The number of unbranched alkanes of at least 4 members (excludes halogenated alkanes) is 13. The molecule has 0 saturated heterocycles. The summed E-state index contributed by atoms with van der Waals surface area (Å²) >= 11 is 5.42. The average Bonchev–Trinajstić information content (AvgIpc) is 2.93. The Morgan fingerprint density at radius 1 is 0.727 bits per heavy atom. The summed E-state index contributed by atoms with van der Waals surface area (Å²) in [5.74, 6) is 0. The standard InChI is InChI=1S/C20H35BrS/c1-2-3-4-5-6-7-8-9-10-11-12-13-14-15-16-20-17-19(21)18-22-20/h17-18H,2-16H2,1H3. The average molecular weight is 387 g/mol. The molecule has 0 N–H and O–H groups in total. The predicted molar refractivity (Wildman–Crippen MR) is 106 cm³/mol. The first-order valence-corrected chi connectivity index (χ1v) is 11.2. The van der Waals surface area contributed by atoms with E-state index in [-0.39, 0.29) is 0 Å². The van der Waals surface area contributed by atoms with Crippen molar-refractivity contribution in [1.82, 2.24) is 0 Å². The minimum absolute atomic E-state index is 1.25. The molecule has 0 atom stereocenters. The van der Waals surface area contributed by atoms with Gasteiger partial charge in [-0.15, -0.1) is 11.3 Å². The zero-order valence-electron chi connectivity index (χ0n) is 14.5. The molecule has 0 radical (unpaired) electrons. The van der Waals surface area contributed by atoms with Crippen LogP contribution in [0.25, 0.3) is 0 Å². The van der Waals surface area contributed by atoms with Gasteiger partial charge in [-0.05, 0) is 34.8 Å². The molecule has 0 aliphatic heterocycles. The fourth-order valence-corrected chi connectivity index (χ4v) is 4.48. The van der Waals surface area contributed by atoms with Gasteiger partial charge < -0.3 is 0 Å². The molecule has 2 heteroatoms. The summed E-state index contributed by atoms with van der Waals surface area (Å²) in [5, 5.41) is 2.19. The van der Waals surface area contributed by atoms with Crippen LogP contribution in [0.15, 0.2) is 15.9 Å². The van der Waals surface area contributed by atoms with Crippen LogP contribution in [0, 0.1) is 0 Å². The van der Waals surface area contributed by atoms with Crippen LogP contribution in [-0.2, 0) is 6.42 Å². The van der Waals surface area contributed by atoms with Crippen LogP contribution in [0.5, 0.6) is 0 Å². The Kier molecular flexibility index (Phi) is 13.6. The van der Waals surface area contributed by atoms with Crippen molar-refractivity contribution in [2.24, 2.45) is 0 Å². The molecule has 1 rings (SSSR count). The maximum atomic E-state index is 3.53. The Balaban J connectivity index is 1.73. The van der Waals surface area contributed by atoms with Crippen molar-refractivity contribution in [3.8, 4) is 0 Å². The molecule has 0 amide bonds. The molecule has 1 aromatic rings. The Labute approximate surface area is 151 Å². The highest BCUT2D eigenvalue weighted by molar-refractivity contribution is 9.10. The van der Waals surface area contributed by atoms with Gasteiger partial charge in [0.15, 0.2) is 0 Å². The molecule has 0 unspecified atom stereocenters. The van der Waals surface area contributed by atoms with E-state index in [0.717, 1.165) is 0 Å². The van der Waals surface area contributed by atoms with Gasteiger partial charge in [0, 0.05) is 14.7 Å². The Hall–Kier alpha value is 0.180. The Morgan fingerprint density at radius 3 is 1.59 bits per heavy atom. The topological polar surface area (TPSA) is 0 Å². The molecule has 128 valence electrons. The smallest absolute Gasteiger partial charge is 0.0285 e. The fourth-order valence-electron chi connectivity index (χ4n) is 2.98. The van der Waals surface area contributed by atoms with Crippen molar-refractivity contribution in [2.75, 3.05) is 0 Å². The van der Waals surface area contributed by atoms with Crippen LogP contribution in [0.3, 0.4) is 0 Å². The molecule has 0 nitrogen and oxygen atoms in total. The normalized spacial score (nSPS) is 11.2. The van der Waals surface area contributed by atoms with Crippen molar-refractivity contribution < 1.29 is 0 Å². The molecule has 0 aliphatic carbocycles. The monoisotopic (exact) mass is 386 g/mol. The maximum Gasteiger partial charge on any atom is 0.0285 e. The van der Waals surface area contributed by atoms with E-state index < -0.39 is 0 Å². The van der Waals surface area contributed by atoms with Crippen LogP contribution < -0.4 is 0 Å². The minimum Gasteiger partial charge on any atom is -0.148 e. The molecule has 22 heavy (non-hydrogen) atoms. The van der Waals surface area contributed by atoms with Gasteiger partial charge in [-0.3, -0.25) is 0 Å². The zero-order valence-corrected chi connectivity index (χ0v) is 17.0. The van der Waals surface area contributed by atoms with Gasteiger partial charge >= 0.3 is 0 Å². The summed E-state index contributed by atoms with van der Waals surface area (Å²) in [6.07, 6.45) is 21.5. The van der Waals surface area contributed by atoms with Crippen molar-refractivity contribution >= 4 is 27.3 Å². The van der Waals surface area contributed by atoms with Gasteiger partial charge in [0.05, 0.1) is 0 Å². The van der Waals surface area contributed by atoms with Crippen LogP contribution in [0.1, 0.15) is 102 Å². The molecular formula is C20H35BrS. The molecule has 0 aromatic carbocycles. The van der Waals surface area contributed by atoms with Crippen molar-refractivity contribution in [3.05, 3.63) is 20.8 Å². The van der Waals surface area contributed by atoms with E-state index in [4.69, 9.17) is 0 Å². The van der Waals surface area contributed by atoms with Gasteiger partial charge in [0.1, 0.15) is 0 Å². The fraction of sp³-hybridized carbons (Fsp3) is 0.800. The molecule has 0 spiro atoms. The number of thiophene rings is 1. The van der Waals surface area contributed by atoms with E-state index in [9.17, 15) is 0 Å². The summed E-state index contributed by atoms with van der Waals surface area (Å²) < 4.78 is 1.25. The second-order valence-corrected chi connectivity index (χ2v) is 8.49. The summed E-state index contributed by atoms with van der Waals surface area (Å²) in [4.78, 5) is 1.53. The third kappa shape index (κ3) is 11.7. The maximum absolute atomic E-state index is 3.53. The first-order chi connectivity index (χ1) is 10.8. The van der Waals surface area contributed by atoms with Crippen molar-refractivity contribution in [2.45, 2.75) is 103 Å². The predicted octanol–water partition coefficient (Wildman–Crippen LogP) is 8.53. The Morgan fingerprint density at radius 2 is 1.18 bits per heavy atom. The zero-order chi connectivity index (χ0) is 15.9. The molecule has 1 heterocycles. The van der Waals surface area contributed by atoms with Gasteiger partial charge in [-0.25, -0.2) is 0 Å². The number of hydrogen-bond donors (Lipinski definition) is 0. The first kappa shape index (κ1) is 20.2. The third-order valence-electron chi connectivity index (χ3n) is 4.40. The number of rotatable bonds is 15. The molecule has 0 aliphatic rings. The third-order valence-corrected chi connectivity index (χ3v) is 6.16. The highest BCUT2D eigenvalue weighted by Crippen LogP contribution is 2.22. The van der Waals surface area contributed by atoms with E-state index in [1.807, 2.05) is 11.3 Å². The summed E-state index contributed by atoms with van der Waals surface area (Å²) in [7, 11) is 0. The highest BCUT2D eigenvalue weighted by Gasteiger charge is 1.98. The summed E-state index contributed by atoms with van der Waals surface area (Å²) in [6.45, 7) is 2.29. The lowest BCUT2D eigenvalue weighted by atomic mass is 10.0. The van der Waals surface area contributed by atoms with E-state index in [1.54, 1.807) is 0 Å². The Bertz CT molecular complexity index is 345. The van der Waals surface area contributed by atoms with E-state index in [2.05, 4.69) is 34.3 Å². The van der Waals surface area contributed by atoms with Crippen LogP contribution in [0.2, 0.25) is 0 Å². The van der Waals surface area contributed by atoms with E-state index in [0.29, 0.717) is 0 Å². The lowest BCUT2D eigenvalue weighted by molar-refractivity contribution is 0.536. The van der Waals surface area contributed by atoms with Gasteiger partial charge in [0.2, 0.25) is 0 Å². The lowest BCUT2D eigenvalue weighted by Gasteiger charge is -2.03. The SMILES string of the molecule is CCCCCCCCCCCCCCCCc1cc(Br)cs1. The number of halogens is 1. The van der Waals surface area contributed by atoms with Gasteiger partial charge in [-0.2, -0.15) is 0 Å². The molecule has 1 aromatic heterocycles. The van der Waals surface area contributed by atoms with E-state index in [1.165, 1.54) is 106 Å².